The highest BCUT2D eigenvalue weighted by Gasteiger charge is 2.38. The van der Waals surface area contributed by atoms with Gasteiger partial charge in [-0.15, -0.1) is 11.3 Å². The highest BCUT2D eigenvalue weighted by atomic mass is 32.2. The fraction of sp³-hybridized carbons (Fsp3) is 0.353. The van der Waals surface area contributed by atoms with E-state index >= 15 is 0 Å². The molecule has 1 fully saturated rings. The topological polar surface area (TPSA) is 54.5 Å². The predicted molar refractivity (Wildman–Crippen MR) is 92.8 cm³/mol. The van der Waals surface area contributed by atoms with E-state index in [0.717, 1.165) is 12.1 Å². The number of thiophene rings is 1. The lowest BCUT2D eigenvalue weighted by Crippen LogP contribution is -2.34. The SMILES string of the molecule is O=C(c1ccccc1C(F)(F)F)N1CCC(c2cccs2)S(=O)(=O)CC1. The first-order chi connectivity index (χ1) is 12.2. The lowest BCUT2D eigenvalue weighted by atomic mass is 10.1. The Hall–Kier alpha value is -1.87. The standard InChI is InChI=1S/C17H16F3NO3S2/c18-17(19,20)13-5-2-1-4-12(13)16(22)21-8-7-15(14-6-3-10-25-14)26(23,24)11-9-21/h1-6,10,15H,7-9,11H2. The highest BCUT2D eigenvalue weighted by molar-refractivity contribution is 7.91. The lowest BCUT2D eigenvalue weighted by molar-refractivity contribution is -0.138. The van der Waals surface area contributed by atoms with Crippen LogP contribution < -0.4 is 0 Å². The van der Waals surface area contributed by atoms with Gasteiger partial charge in [0.25, 0.3) is 5.91 Å². The molecule has 3 rings (SSSR count). The minimum atomic E-state index is -4.65. The third-order valence-electron chi connectivity index (χ3n) is 4.35. The third-order valence-corrected chi connectivity index (χ3v) is 7.59. The number of hydrogen-bond acceptors (Lipinski definition) is 4. The molecule has 0 saturated carbocycles. The van der Waals surface area contributed by atoms with E-state index in [2.05, 4.69) is 0 Å². The van der Waals surface area contributed by atoms with Crippen LogP contribution in [0.15, 0.2) is 41.8 Å². The van der Waals surface area contributed by atoms with Gasteiger partial charge in [0.05, 0.1) is 22.1 Å². The molecule has 1 unspecified atom stereocenters. The number of sulfone groups is 1. The molecule has 26 heavy (non-hydrogen) atoms. The largest absolute Gasteiger partial charge is 0.417 e. The average molecular weight is 403 g/mol. The van der Waals surface area contributed by atoms with E-state index in [1.165, 1.54) is 28.4 Å². The molecule has 2 aromatic rings. The Balaban J connectivity index is 1.87. The molecule has 1 aliphatic heterocycles. The molecule has 140 valence electrons. The molecule has 0 N–H and O–H groups in total. The van der Waals surface area contributed by atoms with Gasteiger partial charge in [0, 0.05) is 18.0 Å². The van der Waals surface area contributed by atoms with E-state index in [1.54, 1.807) is 17.5 Å². The second-order valence-electron chi connectivity index (χ2n) is 6.00. The molecule has 1 atom stereocenters. The van der Waals surface area contributed by atoms with Crippen LogP contribution in [0.1, 0.15) is 32.5 Å². The van der Waals surface area contributed by atoms with Crippen LogP contribution in [0.2, 0.25) is 0 Å². The Morgan fingerprint density at radius 3 is 2.50 bits per heavy atom. The molecule has 1 aromatic carbocycles. The number of carbonyl (C=O) groups excluding carboxylic acids is 1. The zero-order valence-electron chi connectivity index (χ0n) is 13.6. The third kappa shape index (κ3) is 3.78. The molecule has 1 aliphatic rings. The quantitative estimate of drug-likeness (QED) is 0.767. The molecule has 2 heterocycles. The number of amides is 1. The maximum Gasteiger partial charge on any atom is 0.417 e. The Kier molecular flexibility index (Phi) is 5.12. The van der Waals surface area contributed by atoms with Gasteiger partial charge in [-0.3, -0.25) is 4.79 Å². The first-order valence-corrected chi connectivity index (χ1v) is 10.5. The summed E-state index contributed by atoms with van der Waals surface area (Å²) >= 11 is 1.32. The predicted octanol–water partition coefficient (Wildman–Crippen LogP) is 3.77. The van der Waals surface area contributed by atoms with Crippen LogP contribution >= 0.6 is 11.3 Å². The van der Waals surface area contributed by atoms with Gasteiger partial charge in [-0.05, 0) is 30.0 Å². The minimum absolute atomic E-state index is 0.0901. The van der Waals surface area contributed by atoms with Crippen LogP contribution in [-0.4, -0.2) is 38.1 Å². The van der Waals surface area contributed by atoms with Crippen molar-refractivity contribution >= 4 is 27.1 Å². The number of rotatable bonds is 2. The lowest BCUT2D eigenvalue weighted by Gasteiger charge is -2.22. The summed E-state index contributed by atoms with van der Waals surface area (Å²) in [6.07, 6.45) is -4.48. The smallest absolute Gasteiger partial charge is 0.338 e. The molecule has 0 spiro atoms. The van der Waals surface area contributed by atoms with Crippen molar-refractivity contribution in [1.82, 2.24) is 4.90 Å². The second kappa shape index (κ2) is 7.03. The van der Waals surface area contributed by atoms with Gasteiger partial charge in [-0.25, -0.2) is 8.42 Å². The van der Waals surface area contributed by atoms with Gasteiger partial charge in [-0.2, -0.15) is 13.2 Å². The van der Waals surface area contributed by atoms with Crippen LogP contribution in [0, 0.1) is 0 Å². The number of hydrogen-bond donors (Lipinski definition) is 0. The fourth-order valence-corrected chi connectivity index (χ4v) is 6.03. The van der Waals surface area contributed by atoms with Crippen molar-refractivity contribution in [1.29, 1.82) is 0 Å². The van der Waals surface area contributed by atoms with Crippen LogP contribution in [0.3, 0.4) is 0 Å². The Labute approximate surface area is 153 Å². The molecule has 0 radical (unpaired) electrons. The second-order valence-corrected chi connectivity index (χ2v) is 9.28. The van der Waals surface area contributed by atoms with Crippen molar-refractivity contribution in [3.63, 3.8) is 0 Å². The zero-order chi connectivity index (χ0) is 18.9. The van der Waals surface area contributed by atoms with Crippen LogP contribution in [-0.2, 0) is 16.0 Å². The van der Waals surface area contributed by atoms with E-state index in [1.807, 2.05) is 0 Å². The van der Waals surface area contributed by atoms with Crippen LogP contribution in [0.4, 0.5) is 13.2 Å². The molecule has 1 amide bonds. The van der Waals surface area contributed by atoms with Crippen molar-refractivity contribution in [2.45, 2.75) is 17.8 Å². The van der Waals surface area contributed by atoms with Crippen molar-refractivity contribution < 1.29 is 26.4 Å². The van der Waals surface area contributed by atoms with Crippen LogP contribution in [0.25, 0.3) is 0 Å². The molecular formula is C17H16F3NO3S2. The van der Waals surface area contributed by atoms with Gasteiger partial charge >= 0.3 is 6.18 Å². The monoisotopic (exact) mass is 403 g/mol. The molecule has 9 heteroatoms. The fourth-order valence-electron chi connectivity index (χ4n) is 3.03. The Morgan fingerprint density at radius 2 is 1.85 bits per heavy atom. The van der Waals surface area contributed by atoms with E-state index in [9.17, 15) is 26.4 Å². The molecular weight excluding hydrogens is 387 g/mol. The average Bonchev–Trinajstić information content (AvgIpc) is 3.05. The van der Waals surface area contributed by atoms with E-state index in [-0.39, 0.29) is 25.3 Å². The zero-order valence-corrected chi connectivity index (χ0v) is 15.2. The number of alkyl halides is 3. The molecule has 4 nitrogen and oxygen atoms in total. The van der Waals surface area contributed by atoms with E-state index in [0.29, 0.717) is 4.88 Å². The minimum Gasteiger partial charge on any atom is -0.338 e. The van der Waals surface area contributed by atoms with Crippen molar-refractivity contribution in [2.24, 2.45) is 0 Å². The van der Waals surface area contributed by atoms with Gasteiger partial charge in [0.15, 0.2) is 9.84 Å². The van der Waals surface area contributed by atoms with Crippen molar-refractivity contribution in [3.8, 4) is 0 Å². The normalized spacial score (nSPS) is 20.6. The first-order valence-electron chi connectivity index (χ1n) is 7.90. The highest BCUT2D eigenvalue weighted by Crippen LogP contribution is 2.35. The first kappa shape index (κ1) is 18.9. The molecule has 0 bridgehead atoms. The summed E-state index contributed by atoms with van der Waals surface area (Å²) in [5, 5.41) is 1.05. The Bertz CT molecular complexity index is 892. The maximum absolute atomic E-state index is 13.2. The molecule has 0 aliphatic carbocycles. The number of carbonyl (C=O) groups is 1. The van der Waals surface area contributed by atoms with E-state index < -0.39 is 38.3 Å². The van der Waals surface area contributed by atoms with Crippen LogP contribution in [0.5, 0.6) is 0 Å². The van der Waals surface area contributed by atoms with Crippen molar-refractivity contribution in [2.75, 3.05) is 18.8 Å². The summed E-state index contributed by atoms with van der Waals surface area (Å²) in [7, 11) is -3.48. The molecule has 1 saturated heterocycles. The van der Waals surface area contributed by atoms with Crippen molar-refractivity contribution in [3.05, 3.63) is 57.8 Å². The summed E-state index contributed by atoms with van der Waals surface area (Å²) in [6, 6.07) is 8.05. The maximum atomic E-state index is 13.2. The van der Waals surface area contributed by atoms with Gasteiger partial charge < -0.3 is 4.90 Å². The van der Waals surface area contributed by atoms with Gasteiger partial charge in [-0.1, -0.05) is 18.2 Å². The summed E-state index contributed by atoms with van der Waals surface area (Å²) in [5.74, 6) is -1.06. The summed E-state index contributed by atoms with van der Waals surface area (Å²) in [4.78, 5) is 14.6. The number of halogens is 3. The number of benzene rings is 1. The van der Waals surface area contributed by atoms with Gasteiger partial charge in [0.1, 0.15) is 0 Å². The Morgan fingerprint density at radius 1 is 1.12 bits per heavy atom. The van der Waals surface area contributed by atoms with Gasteiger partial charge in [0.2, 0.25) is 0 Å². The number of nitrogens with zero attached hydrogens (tertiary/aromatic N) is 1. The summed E-state index contributed by atoms with van der Waals surface area (Å²) in [5.41, 5.74) is -1.46. The summed E-state index contributed by atoms with van der Waals surface area (Å²) < 4.78 is 64.5. The summed E-state index contributed by atoms with van der Waals surface area (Å²) in [6.45, 7) is -0.0257. The molecule has 1 aromatic heterocycles. The van der Waals surface area contributed by atoms with E-state index in [4.69, 9.17) is 0 Å².